The van der Waals surface area contributed by atoms with Gasteiger partial charge >= 0.3 is 0 Å². The van der Waals surface area contributed by atoms with Crippen LogP contribution in [-0.2, 0) is 19.5 Å². The molecule has 0 aromatic carbocycles. The van der Waals surface area contributed by atoms with Gasteiger partial charge in [0.2, 0.25) is 0 Å². The van der Waals surface area contributed by atoms with Crippen molar-refractivity contribution in [2.24, 2.45) is 0 Å². The summed E-state index contributed by atoms with van der Waals surface area (Å²) >= 11 is 0. The minimum atomic E-state index is 0. The molecule has 3 heteroatoms. The number of hydrogen-bond acceptors (Lipinski definition) is 1. The third-order valence-electron chi connectivity index (χ3n) is 1.45. The largest absolute Gasteiger partial charge is 0.296 e. The van der Waals surface area contributed by atoms with Crippen molar-refractivity contribution in [3.05, 3.63) is 0 Å². The predicted octanol–water partition coefficient (Wildman–Crippen LogP) is 2.81. The Morgan fingerprint density at radius 1 is 1.09 bits per heavy atom. The van der Waals surface area contributed by atoms with E-state index in [1.165, 1.54) is 0 Å². The molecule has 0 spiro atoms. The van der Waals surface area contributed by atoms with Gasteiger partial charge in [-0.15, -0.1) is 0 Å². The Morgan fingerprint density at radius 3 is 1.55 bits per heavy atom. The molecule has 0 saturated carbocycles. The summed E-state index contributed by atoms with van der Waals surface area (Å²) in [5.41, 5.74) is 1.63. The van der Waals surface area contributed by atoms with Crippen LogP contribution in [0.4, 0.5) is 0 Å². The van der Waals surface area contributed by atoms with Crippen LogP contribution in [0.2, 0.25) is 0 Å². The minimum Gasteiger partial charge on any atom is -0.296 e. The van der Waals surface area contributed by atoms with E-state index in [2.05, 4.69) is 39.7 Å². The van der Waals surface area contributed by atoms with Gasteiger partial charge in [-0.3, -0.25) is 5.09 Å². The van der Waals surface area contributed by atoms with Gasteiger partial charge in [0, 0.05) is 19.5 Å². The van der Waals surface area contributed by atoms with Crippen LogP contribution in [0.1, 0.15) is 34.6 Å². The Hall–Kier alpha value is 1.01. The molecular formula is C8H20NPRu. The SMILES string of the molecule is CCNP(C(C)C)C(C)C.[Ru]. The standard InChI is InChI=1S/C8H20NP.Ru/c1-6-9-10(7(2)3)8(4)5;/h7-9H,6H2,1-5H3;. The maximum atomic E-state index is 3.55. The van der Waals surface area contributed by atoms with Crippen LogP contribution in [0.3, 0.4) is 0 Å². The number of nitrogens with one attached hydrogen (secondary N) is 1. The third kappa shape index (κ3) is 6.20. The fourth-order valence-electron chi connectivity index (χ4n) is 1.14. The summed E-state index contributed by atoms with van der Waals surface area (Å²) in [6.45, 7) is 12.5. The van der Waals surface area contributed by atoms with Gasteiger partial charge in [-0.25, -0.2) is 0 Å². The van der Waals surface area contributed by atoms with Crippen molar-refractivity contribution in [1.82, 2.24) is 5.09 Å². The summed E-state index contributed by atoms with van der Waals surface area (Å²) in [5, 5.41) is 3.55. The molecule has 0 aliphatic carbocycles. The summed E-state index contributed by atoms with van der Waals surface area (Å²) < 4.78 is 0. The van der Waals surface area contributed by atoms with Crippen molar-refractivity contribution in [1.29, 1.82) is 0 Å². The van der Waals surface area contributed by atoms with E-state index < -0.39 is 0 Å². The van der Waals surface area contributed by atoms with Crippen molar-refractivity contribution in [3.63, 3.8) is 0 Å². The molecular weight excluding hydrogens is 242 g/mol. The van der Waals surface area contributed by atoms with Gasteiger partial charge in [0.15, 0.2) is 0 Å². The smallest absolute Gasteiger partial charge is 0 e. The molecule has 0 rings (SSSR count). The molecule has 0 aliphatic rings. The molecule has 0 saturated heterocycles. The van der Waals surface area contributed by atoms with Crippen molar-refractivity contribution >= 4 is 8.07 Å². The molecule has 0 bridgehead atoms. The van der Waals surface area contributed by atoms with Crippen LogP contribution in [0.15, 0.2) is 0 Å². The second-order valence-electron chi connectivity index (χ2n) is 3.11. The normalized spacial score (nSPS) is 10.9. The van der Waals surface area contributed by atoms with Crippen molar-refractivity contribution in [2.75, 3.05) is 6.54 Å². The van der Waals surface area contributed by atoms with Gasteiger partial charge in [-0.2, -0.15) is 0 Å². The third-order valence-corrected chi connectivity index (χ3v) is 4.36. The van der Waals surface area contributed by atoms with Crippen molar-refractivity contribution < 1.29 is 19.5 Å². The van der Waals surface area contributed by atoms with Gasteiger partial charge in [0.1, 0.15) is 0 Å². The quantitative estimate of drug-likeness (QED) is 0.607. The second kappa shape index (κ2) is 7.65. The first-order valence-corrected chi connectivity index (χ1v) is 5.59. The molecule has 0 aromatic rings. The zero-order chi connectivity index (χ0) is 8.15. The molecule has 0 aliphatic heterocycles. The molecule has 0 fully saturated rings. The van der Waals surface area contributed by atoms with Crippen LogP contribution >= 0.6 is 8.07 Å². The molecule has 1 N–H and O–H groups in total. The maximum Gasteiger partial charge on any atom is 0 e. The Bertz CT molecular complexity index is 78.2. The zero-order valence-corrected chi connectivity index (χ0v) is 10.8. The van der Waals surface area contributed by atoms with Gasteiger partial charge < -0.3 is 0 Å². The van der Waals surface area contributed by atoms with E-state index in [1.54, 1.807) is 0 Å². The topological polar surface area (TPSA) is 12.0 Å². The van der Waals surface area contributed by atoms with Crippen molar-refractivity contribution in [3.8, 4) is 0 Å². The molecule has 0 atom stereocenters. The predicted molar refractivity (Wildman–Crippen MR) is 50.9 cm³/mol. The van der Waals surface area contributed by atoms with Gasteiger partial charge in [-0.1, -0.05) is 34.6 Å². The van der Waals surface area contributed by atoms with Gasteiger partial charge in [-0.05, 0) is 25.9 Å². The number of hydrogen-bond donors (Lipinski definition) is 1. The summed E-state index contributed by atoms with van der Waals surface area (Å²) in [6, 6.07) is 0. The molecule has 11 heavy (non-hydrogen) atoms. The Kier molecular flexibility index (Phi) is 10.1. The van der Waals surface area contributed by atoms with Gasteiger partial charge in [0.05, 0.1) is 0 Å². The molecule has 0 heterocycles. The van der Waals surface area contributed by atoms with E-state index in [0.29, 0.717) is 0 Å². The van der Waals surface area contributed by atoms with Crippen LogP contribution in [0, 0.1) is 0 Å². The zero-order valence-electron chi connectivity index (χ0n) is 8.16. The summed E-state index contributed by atoms with van der Waals surface area (Å²) in [5.74, 6) is 0. The fourth-order valence-corrected chi connectivity index (χ4v) is 3.43. The molecule has 0 amide bonds. The number of rotatable bonds is 4. The molecule has 0 radical (unpaired) electrons. The van der Waals surface area contributed by atoms with Gasteiger partial charge in [0.25, 0.3) is 0 Å². The van der Waals surface area contributed by atoms with Crippen LogP contribution in [0.25, 0.3) is 0 Å². The van der Waals surface area contributed by atoms with Crippen LogP contribution in [0.5, 0.6) is 0 Å². The van der Waals surface area contributed by atoms with E-state index in [0.717, 1.165) is 17.9 Å². The van der Waals surface area contributed by atoms with E-state index in [-0.39, 0.29) is 27.6 Å². The molecule has 70 valence electrons. The average molecular weight is 262 g/mol. The first-order valence-electron chi connectivity index (χ1n) is 4.11. The van der Waals surface area contributed by atoms with E-state index in [9.17, 15) is 0 Å². The summed E-state index contributed by atoms with van der Waals surface area (Å²) in [4.78, 5) is 0. The molecule has 0 unspecified atom stereocenters. The monoisotopic (exact) mass is 263 g/mol. The minimum absolute atomic E-state index is 0. The average Bonchev–Trinajstić information content (AvgIpc) is 1.81. The molecule has 1 nitrogen and oxygen atoms in total. The summed E-state index contributed by atoms with van der Waals surface area (Å²) in [7, 11) is 0.0712. The second-order valence-corrected chi connectivity index (χ2v) is 6.30. The van der Waals surface area contributed by atoms with Crippen molar-refractivity contribution in [2.45, 2.75) is 45.9 Å². The van der Waals surface area contributed by atoms with Crippen LogP contribution in [-0.4, -0.2) is 17.9 Å². The first-order chi connectivity index (χ1) is 4.59. The Morgan fingerprint density at radius 2 is 1.45 bits per heavy atom. The van der Waals surface area contributed by atoms with E-state index in [4.69, 9.17) is 0 Å². The van der Waals surface area contributed by atoms with E-state index >= 15 is 0 Å². The van der Waals surface area contributed by atoms with Crippen LogP contribution < -0.4 is 5.09 Å². The molecule has 0 aromatic heterocycles. The van der Waals surface area contributed by atoms with E-state index in [1.807, 2.05) is 0 Å². The summed E-state index contributed by atoms with van der Waals surface area (Å²) in [6.07, 6.45) is 0. The fraction of sp³-hybridized carbons (Fsp3) is 1.00. The maximum absolute atomic E-state index is 3.55. The first kappa shape index (κ1) is 14.5. The Labute approximate surface area is 85.3 Å². The Balaban J connectivity index is 0.